The van der Waals surface area contributed by atoms with Crippen LogP contribution < -0.4 is 10.5 Å². The number of nitrogens with two attached hydrogens (primary N) is 1. The zero-order valence-corrected chi connectivity index (χ0v) is 12.0. The fourth-order valence-electron chi connectivity index (χ4n) is 2.31. The van der Waals surface area contributed by atoms with Crippen LogP contribution in [0.15, 0.2) is 42.6 Å². The number of ether oxygens (including phenoxy) is 1. The molecule has 0 saturated carbocycles. The predicted octanol–water partition coefficient (Wildman–Crippen LogP) is 1.74. The topological polar surface area (TPSA) is 83.8 Å². The Morgan fingerprint density at radius 2 is 2.09 bits per heavy atom. The normalized spacial score (nSPS) is 13.2. The Bertz CT molecular complexity index is 917. The molecule has 2 N–H and O–H groups in total. The van der Waals surface area contributed by atoms with Gasteiger partial charge in [0.25, 0.3) is 0 Å². The number of hydrogen-bond donors (Lipinski definition) is 1. The van der Waals surface area contributed by atoms with E-state index in [0.717, 1.165) is 16.9 Å². The molecule has 22 heavy (non-hydrogen) atoms. The maximum absolute atomic E-state index is 5.97. The van der Waals surface area contributed by atoms with E-state index in [-0.39, 0.29) is 0 Å². The highest BCUT2D eigenvalue weighted by molar-refractivity contribution is 5.84. The van der Waals surface area contributed by atoms with Crippen molar-refractivity contribution in [2.75, 3.05) is 5.73 Å². The summed E-state index contributed by atoms with van der Waals surface area (Å²) in [5.41, 5.74) is 9.34. The number of aromatic nitrogens is 5. The van der Waals surface area contributed by atoms with Gasteiger partial charge < -0.3 is 10.5 Å². The van der Waals surface area contributed by atoms with Gasteiger partial charge in [0, 0.05) is 19.3 Å². The first-order valence-electron chi connectivity index (χ1n) is 6.86. The fraction of sp³-hybridized carbons (Fsp3) is 0.133. The minimum Gasteiger partial charge on any atom is -0.471 e. The molecule has 3 heterocycles. The standard InChI is InChI=1S/C15H14N6O/c1-20-11(7-8-17-20)9-22-13-6-5-12-14(19-13)21(15(16)18-12)10-3-2-4-10/h2-8H,9H2,1H3,(H2,16,18). The molecule has 1 aliphatic rings. The van der Waals surface area contributed by atoms with Gasteiger partial charge in [0.1, 0.15) is 12.1 Å². The van der Waals surface area contributed by atoms with E-state index in [1.54, 1.807) is 16.9 Å². The van der Waals surface area contributed by atoms with E-state index in [9.17, 15) is 0 Å². The summed E-state index contributed by atoms with van der Waals surface area (Å²) >= 11 is 0. The second-order valence-electron chi connectivity index (χ2n) is 4.98. The lowest BCUT2D eigenvalue weighted by Gasteiger charge is -2.11. The number of nitrogens with zero attached hydrogens (tertiary/aromatic N) is 5. The van der Waals surface area contributed by atoms with Gasteiger partial charge in [-0.1, -0.05) is 6.08 Å². The molecule has 4 rings (SSSR count). The minimum atomic E-state index is 0.404. The molecule has 3 aromatic heterocycles. The van der Waals surface area contributed by atoms with Gasteiger partial charge in [0.2, 0.25) is 11.8 Å². The summed E-state index contributed by atoms with van der Waals surface area (Å²) in [6.07, 6.45) is 7.61. The van der Waals surface area contributed by atoms with Crippen molar-refractivity contribution < 1.29 is 4.74 Å². The molecule has 110 valence electrons. The van der Waals surface area contributed by atoms with E-state index < -0.39 is 0 Å². The summed E-state index contributed by atoms with van der Waals surface area (Å²) in [5.74, 6) is 0.945. The molecule has 0 radical (unpaired) electrons. The molecule has 0 unspecified atom stereocenters. The Balaban J connectivity index is 1.66. The summed E-state index contributed by atoms with van der Waals surface area (Å²) in [4.78, 5) is 8.84. The molecule has 0 aliphatic heterocycles. The van der Waals surface area contributed by atoms with Crippen LogP contribution >= 0.6 is 0 Å². The summed E-state index contributed by atoms with van der Waals surface area (Å²) < 4.78 is 9.32. The van der Waals surface area contributed by atoms with Crippen LogP contribution in [-0.2, 0) is 13.7 Å². The van der Waals surface area contributed by atoms with Gasteiger partial charge in [-0.2, -0.15) is 10.1 Å². The van der Waals surface area contributed by atoms with Gasteiger partial charge in [0.05, 0.1) is 11.4 Å². The molecule has 0 saturated heterocycles. The summed E-state index contributed by atoms with van der Waals surface area (Å²) in [6, 6.07) is 5.56. The highest BCUT2D eigenvalue weighted by Crippen LogP contribution is 2.26. The fourth-order valence-corrected chi connectivity index (χ4v) is 2.31. The smallest absolute Gasteiger partial charge is 0.215 e. The first-order valence-corrected chi connectivity index (χ1v) is 6.86. The summed E-state index contributed by atoms with van der Waals surface area (Å²) in [6.45, 7) is 0.404. The van der Waals surface area contributed by atoms with E-state index in [0.29, 0.717) is 24.1 Å². The number of rotatable bonds is 4. The molecule has 0 fully saturated rings. The molecular formula is C15H14N6O. The first-order chi connectivity index (χ1) is 10.7. The second-order valence-corrected chi connectivity index (χ2v) is 4.98. The number of hydrogen-bond acceptors (Lipinski definition) is 5. The largest absolute Gasteiger partial charge is 0.471 e. The third kappa shape index (κ3) is 1.95. The Morgan fingerprint density at radius 3 is 2.77 bits per heavy atom. The van der Waals surface area contributed by atoms with Gasteiger partial charge in [-0.15, -0.1) is 0 Å². The maximum Gasteiger partial charge on any atom is 0.215 e. The van der Waals surface area contributed by atoms with Crippen LogP contribution in [0.2, 0.25) is 0 Å². The van der Waals surface area contributed by atoms with Crippen LogP contribution in [0.1, 0.15) is 5.69 Å². The third-order valence-electron chi connectivity index (χ3n) is 3.59. The summed E-state index contributed by atoms with van der Waals surface area (Å²) in [7, 11) is 1.88. The van der Waals surface area contributed by atoms with Gasteiger partial charge in [0.15, 0.2) is 5.65 Å². The molecule has 0 aromatic carbocycles. The Morgan fingerprint density at radius 1 is 1.23 bits per heavy atom. The first kappa shape index (κ1) is 12.6. The van der Waals surface area contributed by atoms with Crippen LogP contribution in [0.3, 0.4) is 0 Å². The molecule has 0 amide bonds. The maximum atomic E-state index is 5.97. The zero-order chi connectivity index (χ0) is 15.1. The van der Waals surface area contributed by atoms with Crippen LogP contribution in [0.5, 0.6) is 5.88 Å². The van der Waals surface area contributed by atoms with Crippen molar-refractivity contribution in [2.45, 2.75) is 6.61 Å². The quantitative estimate of drug-likeness (QED) is 0.792. The van der Waals surface area contributed by atoms with Gasteiger partial charge in [-0.3, -0.25) is 9.25 Å². The van der Waals surface area contributed by atoms with E-state index in [1.165, 1.54) is 0 Å². The van der Waals surface area contributed by atoms with E-state index in [4.69, 9.17) is 10.5 Å². The van der Waals surface area contributed by atoms with Crippen LogP contribution in [0.4, 0.5) is 5.95 Å². The number of anilines is 1. The summed E-state index contributed by atoms with van der Waals surface area (Å²) in [5, 5.41) is 4.11. The van der Waals surface area contributed by atoms with Crippen molar-refractivity contribution in [1.29, 1.82) is 0 Å². The van der Waals surface area contributed by atoms with Gasteiger partial charge in [-0.25, -0.2) is 4.98 Å². The Kier molecular flexibility index (Phi) is 2.72. The van der Waals surface area contributed by atoms with Crippen molar-refractivity contribution in [1.82, 2.24) is 24.3 Å². The Labute approximate surface area is 126 Å². The molecular weight excluding hydrogens is 280 g/mol. The highest BCUT2D eigenvalue weighted by Gasteiger charge is 2.14. The highest BCUT2D eigenvalue weighted by atomic mass is 16.5. The van der Waals surface area contributed by atoms with Crippen LogP contribution in [-0.4, -0.2) is 24.3 Å². The molecule has 0 atom stereocenters. The van der Waals surface area contributed by atoms with Crippen molar-refractivity contribution in [3.63, 3.8) is 0 Å². The second kappa shape index (κ2) is 4.73. The van der Waals surface area contributed by atoms with E-state index in [2.05, 4.69) is 15.1 Å². The molecule has 1 aliphatic carbocycles. The number of nitrogen functional groups attached to an aromatic ring is 1. The van der Waals surface area contributed by atoms with Crippen molar-refractivity contribution in [3.05, 3.63) is 48.3 Å². The number of aryl methyl sites for hydroxylation is 1. The van der Waals surface area contributed by atoms with Crippen LogP contribution in [0.25, 0.3) is 16.9 Å². The van der Waals surface area contributed by atoms with E-state index >= 15 is 0 Å². The molecule has 7 nitrogen and oxygen atoms in total. The van der Waals surface area contributed by atoms with Crippen molar-refractivity contribution in [3.8, 4) is 5.88 Å². The van der Waals surface area contributed by atoms with Crippen LogP contribution in [0, 0.1) is 0 Å². The average Bonchev–Trinajstić information content (AvgIpc) is 2.99. The average molecular weight is 294 g/mol. The number of allylic oxidation sites excluding steroid dienone is 4. The number of pyridine rings is 1. The van der Waals surface area contributed by atoms with Gasteiger partial charge in [-0.05, 0) is 24.3 Å². The van der Waals surface area contributed by atoms with Crippen molar-refractivity contribution >= 4 is 22.8 Å². The van der Waals surface area contributed by atoms with E-state index in [1.807, 2.05) is 42.0 Å². The lowest BCUT2D eigenvalue weighted by Crippen LogP contribution is -2.06. The lowest BCUT2D eigenvalue weighted by atomic mass is 10.2. The number of imidazole rings is 1. The molecule has 7 heteroatoms. The zero-order valence-electron chi connectivity index (χ0n) is 12.0. The molecule has 0 bridgehead atoms. The van der Waals surface area contributed by atoms with Gasteiger partial charge >= 0.3 is 0 Å². The monoisotopic (exact) mass is 294 g/mol. The molecule has 0 spiro atoms. The predicted molar refractivity (Wildman–Crippen MR) is 82.9 cm³/mol. The Hall–Kier alpha value is -3.09. The molecule has 3 aromatic rings. The lowest BCUT2D eigenvalue weighted by molar-refractivity contribution is 0.284. The number of fused-ring (bicyclic) bond motifs is 1. The van der Waals surface area contributed by atoms with Crippen molar-refractivity contribution in [2.24, 2.45) is 7.05 Å². The minimum absolute atomic E-state index is 0.404. The third-order valence-corrected chi connectivity index (χ3v) is 3.59. The SMILES string of the molecule is Cn1nccc1COc1ccc2nc(N)n(C3=CC=C3)c2n1.